The van der Waals surface area contributed by atoms with Crippen LogP contribution < -0.4 is 0 Å². The largest absolute Gasteiger partial charge is 0.459 e. The van der Waals surface area contributed by atoms with Gasteiger partial charge < -0.3 is 4.74 Å². The van der Waals surface area contributed by atoms with Gasteiger partial charge in [-0.15, -0.1) is 0 Å². The third-order valence-corrected chi connectivity index (χ3v) is 4.99. The summed E-state index contributed by atoms with van der Waals surface area (Å²) in [6, 6.07) is 0. The number of esters is 1. The van der Waals surface area contributed by atoms with Crippen LogP contribution in [0.25, 0.3) is 0 Å². The number of rotatable bonds is 2. The highest BCUT2D eigenvalue weighted by Crippen LogP contribution is 2.57. The molecule has 0 N–H and O–H groups in total. The molecule has 18 heavy (non-hydrogen) atoms. The highest BCUT2D eigenvalue weighted by Gasteiger charge is 2.53. The lowest BCUT2D eigenvalue weighted by Crippen LogP contribution is -2.52. The molecule has 4 fully saturated rings. The van der Waals surface area contributed by atoms with E-state index in [-0.39, 0.29) is 17.0 Å². The van der Waals surface area contributed by atoms with Crippen molar-refractivity contribution in [2.45, 2.75) is 71.3 Å². The lowest BCUT2D eigenvalue weighted by molar-refractivity contribution is -0.188. The summed E-state index contributed by atoms with van der Waals surface area (Å²) in [5.74, 6) is 2.57. The Morgan fingerprint density at radius 2 is 1.50 bits per heavy atom. The summed E-state index contributed by atoms with van der Waals surface area (Å²) in [5.41, 5.74) is -0.0174. The SMILES string of the molecule is CC(C)(C)CC(=O)OC12CC3CC(CC(C3)C1)C2. The van der Waals surface area contributed by atoms with Gasteiger partial charge in [0.15, 0.2) is 0 Å². The molecule has 0 aromatic heterocycles. The maximum Gasteiger partial charge on any atom is 0.306 e. The van der Waals surface area contributed by atoms with E-state index in [0.717, 1.165) is 37.0 Å². The van der Waals surface area contributed by atoms with Crippen LogP contribution in [0, 0.1) is 23.2 Å². The Bertz CT molecular complexity index is 315. The minimum absolute atomic E-state index is 0.0319. The van der Waals surface area contributed by atoms with Gasteiger partial charge in [-0.05, 0) is 61.7 Å². The van der Waals surface area contributed by atoms with Crippen molar-refractivity contribution in [2.75, 3.05) is 0 Å². The first-order chi connectivity index (χ1) is 8.34. The molecule has 0 heterocycles. The number of ether oxygens (including phenoxy) is 1. The Morgan fingerprint density at radius 1 is 1.06 bits per heavy atom. The predicted octanol–water partition coefficient (Wildman–Crippen LogP) is 3.93. The molecule has 0 atom stereocenters. The van der Waals surface area contributed by atoms with E-state index >= 15 is 0 Å². The van der Waals surface area contributed by atoms with Crippen LogP contribution in [0.3, 0.4) is 0 Å². The van der Waals surface area contributed by atoms with Crippen LogP contribution in [0.4, 0.5) is 0 Å². The molecule has 4 bridgehead atoms. The maximum absolute atomic E-state index is 12.1. The Kier molecular flexibility index (Phi) is 2.76. The number of hydrogen-bond acceptors (Lipinski definition) is 2. The van der Waals surface area contributed by atoms with Gasteiger partial charge in [0.1, 0.15) is 5.60 Å². The van der Waals surface area contributed by atoms with Crippen LogP contribution in [0.2, 0.25) is 0 Å². The lowest BCUT2D eigenvalue weighted by atomic mass is 9.54. The Hall–Kier alpha value is -0.530. The van der Waals surface area contributed by atoms with Crippen molar-refractivity contribution >= 4 is 5.97 Å². The fourth-order valence-electron chi connectivity index (χ4n) is 4.87. The van der Waals surface area contributed by atoms with Crippen LogP contribution in [-0.4, -0.2) is 11.6 Å². The van der Waals surface area contributed by atoms with E-state index in [0.29, 0.717) is 6.42 Å². The highest BCUT2D eigenvalue weighted by molar-refractivity contribution is 5.70. The topological polar surface area (TPSA) is 26.3 Å². The molecule has 4 rings (SSSR count). The van der Waals surface area contributed by atoms with Gasteiger partial charge in [0, 0.05) is 0 Å². The summed E-state index contributed by atoms with van der Waals surface area (Å²) < 4.78 is 5.99. The normalized spacial score (nSPS) is 42.1. The van der Waals surface area contributed by atoms with Gasteiger partial charge in [0.2, 0.25) is 0 Å². The molecule has 2 nitrogen and oxygen atoms in total. The summed E-state index contributed by atoms with van der Waals surface area (Å²) >= 11 is 0. The lowest BCUT2D eigenvalue weighted by Gasteiger charge is -2.55. The quantitative estimate of drug-likeness (QED) is 0.694. The molecule has 0 spiro atoms. The zero-order valence-corrected chi connectivity index (χ0v) is 12.0. The molecule has 102 valence electrons. The van der Waals surface area contributed by atoms with Gasteiger partial charge in [-0.2, -0.15) is 0 Å². The van der Waals surface area contributed by atoms with Crippen molar-refractivity contribution in [3.8, 4) is 0 Å². The second-order valence-electron chi connectivity index (χ2n) is 8.31. The third-order valence-electron chi connectivity index (χ3n) is 4.99. The Labute approximate surface area is 110 Å². The molecule has 0 radical (unpaired) electrons. The zero-order valence-electron chi connectivity index (χ0n) is 12.0. The van der Waals surface area contributed by atoms with E-state index in [9.17, 15) is 4.79 Å². The van der Waals surface area contributed by atoms with Crippen LogP contribution in [0.1, 0.15) is 65.7 Å². The summed E-state index contributed by atoms with van der Waals surface area (Å²) in [4.78, 5) is 12.1. The molecule has 0 aromatic carbocycles. The van der Waals surface area contributed by atoms with Crippen molar-refractivity contribution in [2.24, 2.45) is 23.2 Å². The average Bonchev–Trinajstić information content (AvgIpc) is 2.09. The molecular weight excluding hydrogens is 224 g/mol. The minimum Gasteiger partial charge on any atom is -0.459 e. The molecule has 4 aliphatic rings. The monoisotopic (exact) mass is 250 g/mol. The zero-order chi connectivity index (χ0) is 13.0. The molecule has 0 saturated heterocycles. The molecule has 0 amide bonds. The number of carbonyl (C=O) groups is 1. The van der Waals surface area contributed by atoms with Gasteiger partial charge in [0.05, 0.1) is 6.42 Å². The van der Waals surface area contributed by atoms with E-state index in [1.165, 1.54) is 19.3 Å². The molecule has 2 heteroatoms. The van der Waals surface area contributed by atoms with Crippen LogP contribution in [-0.2, 0) is 9.53 Å². The number of hydrogen-bond donors (Lipinski definition) is 0. The van der Waals surface area contributed by atoms with Crippen LogP contribution in [0.5, 0.6) is 0 Å². The van der Waals surface area contributed by atoms with Gasteiger partial charge >= 0.3 is 5.97 Å². The molecule has 4 saturated carbocycles. The average molecular weight is 250 g/mol. The third kappa shape index (κ3) is 2.44. The first kappa shape index (κ1) is 12.5. The first-order valence-corrected chi connectivity index (χ1v) is 7.55. The van der Waals surface area contributed by atoms with Crippen molar-refractivity contribution in [1.82, 2.24) is 0 Å². The fraction of sp³-hybridized carbons (Fsp3) is 0.938. The summed E-state index contributed by atoms with van der Waals surface area (Å²) in [6.07, 6.45) is 8.19. The summed E-state index contributed by atoms with van der Waals surface area (Å²) in [7, 11) is 0. The second-order valence-corrected chi connectivity index (χ2v) is 8.31. The van der Waals surface area contributed by atoms with Gasteiger partial charge in [-0.3, -0.25) is 4.79 Å². The van der Waals surface area contributed by atoms with E-state index in [1.807, 2.05) is 0 Å². The van der Waals surface area contributed by atoms with Crippen molar-refractivity contribution in [1.29, 1.82) is 0 Å². The smallest absolute Gasteiger partial charge is 0.306 e. The van der Waals surface area contributed by atoms with Crippen LogP contribution in [0.15, 0.2) is 0 Å². The van der Waals surface area contributed by atoms with Crippen molar-refractivity contribution in [3.05, 3.63) is 0 Å². The summed E-state index contributed by atoms with van der Waals surface area (Å²) in [6.45, 7) is 6.32. The predicted molar refractivity (Wildman–Crippen MR) is 71.1 cm³/mol. The second kappa shape index (κ2) is 3.98. The fourth-order valence-corrected chi connectivity index (χ4v) is 4.87. The maximum atomic E-state index is 12.1. The molecule has 4 aliphatic carbocycles. The van der Waals surface area contributed by atoms with Crippen molar-refractivity contribution in [3.63, 3.8) is 0 Å². The van der Waals surface area contributed by atoms with Crippen LogP contribution >= 0.6 is 0 Å². The van der Waals surface area contributed by atoms with Gasteiger partial charge in [-0.25, -0.2) is 0 Å². The summed E-state index contributed by atoms with van der Waals surface area (Å²) in [5, 5.41) is 0. The Balaban J connectivity index is 1.67. The molecule has 0 unspecified atom stereocenters. The first-order valence-electron chi connectivity index (χ1n) is 7.55. The van der Waals surface area contributed by atoms with Gasteiger partial charge in [0.25, 0.3) is 0 Å². The van der Waals surface area contributed by atoms with E-state index < -0.39 is 0 Å². The van der Waals surface area contributed by atoms with E-state index in [2.05, 4.69) is 20.8 Å². The molecular formula is C16H26O2. The molecule has 0 aromatic rings. The standard InChI is InChI=1S/C16H26O2/c1-15(2,3)10-14(17)18-16-7-11-4-12(8-16)6-13(5-11)9-16/h11-13H,4-10H2,1-3H3. The Morgan fingerprint density at radius 3 is 1.89 bits per heavy atom. The van der Waals surface area contributed by atoms with E-state index in [4.69, 9.17) is 4.74 Å². The molecule has 0 aliphatic heterocycles. The highest BCUT2D eigenvalue weighted by atomic mass is 16.6. The minimum atomic E-state index is -0.0584. The van der Waals surface area contributed by atoms with Crippen molar-refractivity contribution < 1.29 is 9.53 Å². The van der Waals surface area contributed by atoms with Gasteiger partial charge in [-0.1, -0.05) is 20.8 Å². The van der Waals surface area contributed by atoms with E-state index in [1.54, 1.807) is 0 Å². The number of carbonyl (C=O) groups excluding carboxylic acids is 1.